The summed E-state index contributed by atoms with van der Waals surface area (Å²) in [6.07, 6.45) is 3.19. The van der Waals surface area contributed by atoms with Crippen LogP contribution in [-0.2, 0) is 17.9 Å². The predicted octanol–water partition coefficient (Wildman–Crippen LogP) is 2.34. The number of nitrogens with zero attached hydrogens (tertiary/aromatic N) is 3. The molecule has 0 saturated carbocycles. The maximum absolute atomic E-state index is 12.0. The van der Waals surface area contributed by atoms with Crippen LogP contribution in [0, 0.1) is 6.92 Å². The van der Waals surface area contributed by atoms with E-state index < -0.39 is 0 Å². The number of ether oxygens (including phenoxy) is 2. The van der Waals surface area contributed by atoms with Crippen molar-refractivity contribution in [2.45, 2.75) is 20.0 Å². The van der Waals surface area contributed by atoms with Gasteiger partial charge in [-0.1, -0.05) is 30.3 Å². The van der Waals surface area contributed by atoms with Crippen LogP contribution in [0.15, 0.2) is 55.1 Å². The Kier molecular flexibility index (Phi) is 6.04. The molecule has 7 nitrogen and oxygen atoms in total. The predicted molar refractivity (Wildman–Crippen MR) is 101 cm³/mol. The Morgan fingerprint density at radius 3 is 2.59 bits per heavy atom. The van der Waals surface area contributed by atoms with E-state index in [-0.39, 0.29) is 12.5 Å². The van der Waals surface area contributed by atoms with Gasteiger partial charge in [0.1, 0.15) is 12.7 Å². The normalized spacial score (nSPS) is 10.4. The smallest absolute Gasteiger partial charge is 0.258 e. The first-order valence-corrected chi connectivity index (χ1v) is 8.58. The fourth-order valence-corrected chi connectivity index (χ4v) is 2.55. The molecule has 1 N–H and O–H groups in total. The Morgan fingerprint density at radius 2 is 1.89 bits per heavy atom. The summed E-state index contributed by atoms with van der Waals surface area (Å²) < 4.78 is 12.6. The lowest BCUT2D eigenvalue weighted by Gasteiger charge is -2.11. The Balaban J connectivity index is 1.46. The van der Waals surface area contributed by atoms with E-state index in [9.17, 15) is 4.79 Å². The number of methoxy groups -OCH3 is 1. The quantitative estimate of drug-likeness (QED) is 0.662. The first-order chi connectivity index (χ1) is 13.1. The number of nitrogens with one attached hydrogen (secondary N) is 1. The first kappa shape index (κ1) is 18.4. The molecule has 1 aromatic heterocycles. The van der Waals surface area contributed by atoms with Crippen molar-refractivity contribution in [3.8, 4) is 11.5 Å². The summed E-state index contributed by atoms with van der Waals surface area (Å²) in [5, 5.41) is 6.93. The van der Waals surface area contributed by atoms with Gasteiger partial charge in [0, 0.05) is 6.54 Å². The second-order valence-corrected chi connectivity index (χ2v) is 6.13. The number of carbonyl (C=O) groups is 1. The number of hydrogen-bond donors (Lipinski definition) is 1. The average Bonchev–Trinajstić information content (AvgIpc) is 3.19. The zero-order valence-corrected chi connectivity index (χ0v) is 15.4. The molecular weight excluding hydrogens is 344 g/mol. The summed E-state index contributed by atoms with van der Waals surface area (Å²) >= 11 is 0. The van der Waals surface area contributed by atoms with E-state index in [4.69, 9.17) is 9.47 Å². The van der Waals surface area contributed by atoms with Gasteiger partial charge < -0.3 is 14.8 Å². The molecule has 0 aliphatic rings. The average molecular weight is 366 g/mol. The van der Waals surface area contributed by atoms with Crippen LogP contribution in [-0.4, -0.2) is 34.4 Å². The van der Waals surface area contributed by atoms with Crippen molar-refractivity contribution in [3.05, 3.63) is 71.8 Å². The summed E-state index contributed by atoms with van der Waals surface area (Å²) in [7, 11) is 1.58. The molecule has 2 aromatic carbocycles. The fraction of sp³-hybridized carbons (Fsp3) is 0.250. The highest BCUT2D eigenvalue weighted by Crippen LogP contribution is 2.27. The fourth-order valence-electron chi connectivity index (χ4n) is 2.55. The Labute approximate surface area is 158 Å². The summed E-state index contributed by atoms with van der Waals surface area (Å²) in [6, 6.07) is 13.6. The third kappa shape index (κ3) is 5.31. The minimum absolute atomic E-state index is 0.0657. The number of benzene rings is 2. The Morgan fingerprint density at radius 1 is 1.11 bits per heavy atom. The van der Waals surface area contributed by atoms with E-state index in [1.807, 2.05) is 43.3 Å². The molecule has 0 radical (unpaired) electrons. The zero-order valence-electron chi connectivity index (χ0n) is 15.4. The lowest BCUT2D eigenvalue weighted by Crippen LogP contribution is -2.28. The molecule has 0 aliphatic heterocycles. The van der Waals surface area contributed by atoms with Crippen LogP contribution in [0.3, 0.4) is 0 Å². The molecule has 0 fully saturated rings. The van der Waals surface area contributed by atoms with Crippen molar-refractivity contribution in [2.24, 2.45) is 0 Å². The third-order valence-electron chi connectivity index (χ3n) is 4.00. The monoisotopic (exact) mass is 366 g/mol. The van der Waals surface area contributed by atoms with E-state index in [1.165, 1.54) is 6.33 Å². The molecule has 7 heteroatoms. The summed E-state index contributed by atoms with van der Waals surface area (Å²) in [4.78, 5) is 16.0. The molecule has 3 rings (SSSR count). The summed E-state index contributed by atoms with van der Waals surface area (Å²) in [6.45, 7) is 3.01. The molecule has 0 atom stereocenters. The van der Waals surface area contributed by atoms with Gasteiger partial charge in [-0.2, -0.15) is 5.10 Å². The van der Waals surface area contributed by atoms with Crippen LogP contribution in [0.1, 0.15) is 16.7 Å². The molecule has 27 heavy (non-hydrogen) atoms. The number of hydrogen-bond acceptors (Lipinski definition) is 5. The number of carbonyl (C=O) groups excluding carboxylic acids is 1. The van der Waals surface area contributed by atoms with Crippen LogP contribution < -0.4 is 14.8 Å². The van der Waals surface area contributed by atoms with Crippen molar-refractivity contribution in [2.75, 3.05) is 13.7 Å². The molecule has 0 aliphatic carbocycles. The van der Waals surface area contributed by atoms with Gasteiger partial charge in [0.25, 0.3) is 5.91 Å². The van der Waals surface area contributed by atoms with Gasteiger partial charge in [-0.15, -0.1) is 0 Å². The molecular formula is C20H22N4O3. The molecule has 0 bridgehead atoms. The van der Waals surface area contributed by atoms with Crippen LogP contribution in [0.5, 0.6) is 11.5 Å². The second kappa shape index (κ2) is 8.84. The van der Waals surface area contributed by atoms with Crippen molar-refractivity contribution in [3.63, 3.8) is 0 Å². The van der Waals surface area contributed by atoms with E-state index in [0.29, 0.717) is 24.6 Å². The molecule has 3 aromatic rings. The SMILES string of the molecule is COc1cc(C)ccc1OCC(=O)NCc1ccc(Cn2cncn2)cc1. The maximum Gasteiger partial charge on any atom is 0.258 e. The van der Waals surface area contributed by atoms with Crippen LogP contribution >= 0.6 is 0 Å². The number of rotatable bonds is 8. The third-order valence-corrected chi connectivity index (χ3v) is 4.00. The summed E-state index contributed by atoms with van der Waals surface area (Å²) in [5.74, 6) is 0.978. The van der Waals surface area contributed by atoms with Crippen molar-refractivity contribution >= 4 is 5.91 Å². The highest BCUT2D eigenvalue weighted by atomic mass is 16.5. The van der Waals surface area contributed by atoms with E-state index in [0.717, 1.165) is 16.7 Å². The van der Waals surface area contributed by atoms with Crippen molar-refractivity contribution < 1.29 is 14.3 Å². The van der Waals surface area contributed by atoms with Gasteiger partial charge in [-0.25, -0.2) is 9.67 Å². The lowest BCUT2D eigenvalue weighted by atomic mass is 10.1. The molecule has 1 amide bonds. The van der Waals surface area contributed by atoms with E-state index in [1.54, 1.807) is 24.2 Å². The standard InChI is InChI=1S/C20H22N4O3/c1-15-3-8-18(19(9-15)26-2)27-12-20(25)22-10-16-4-6-17(7-5-16)11-24-14-21-13-23-24/h3-9,13-14H,10-12H2,1-2H3,(H,22,25). The van der Waals surface area contributed by atoms with Crippen LogP contribution in [0.2, 0.25) is 0 Å². The highest BCUT2D eigenvalue weighted by Gasteiger charge is 2.08. The van der Waals surface area contributed by atoms with Crippen LogP contribution in [0.4, 0.5) is 0 Å². The largest absolute Gasteiger partial charge is 0.493 e. The molecule has 0 spiro atoms. The summed E-state index contributed by atoms with van der Waals surface area (Å²) in [5.41, 5.74) is 3.19. The van der Waals surface area contributed by atoms with Gasteiger partial charge in [-0.3, -0.25) is 4.79 Å². The minimum Gasteiger partial charge on any atom is -0.493 e. The van der Waals surface area contributed by atoms with E-state index >= 15 is 0 Å². The van der Waals surface area contributed by atoms with Crippen molar-refractivity contribution in [1.82, 2.24) is 20.1 Å². The zero-order chi connectivity index (χ0) is 19.1. The second-order valence-electron chi connectivity index (χ2n) is 6.13. The number of amides is 1. The topological polar surface area (TPSA) is 78.3 Å². The van der Waals surface area contributed by atoms with Gasteiger partial charge >= 0.3 is 0 Å². The van der Waals surface area contributed by atoms with E-state index in [2.05, 4.69) is 15.4 Å². The highest BCUT2D eigenvalue weighted by molar-refractivity contribution is 5.77. The Hall–Kier alpha value is -3.35. The van der Waals surface area contributed by atoms with Crippen molar-refractivity contribution in [1.29, 1.82) is 0 Å². The number of aryl methyl sites for hydroxylation is 1. The first-order valence-electron chi connectivity index (χ1n) is 8.58. The molecule has 1 heterocycles. The molecule has 0 saturated heterocycles. The molecule has 0 unspecified atom stereocenters. The maximum atomic E-state index is 12.0. The van der Waals surface area contributed by atoms with Gasteiger partial charge in [0.15, 0.2) is 18.1 Å². The van der Waals surface area contributed by atoms with Gasteiger partial charge in [0.2, 0.25) is 0 Å². The van der Waals surface area contributed by atoms with Gasteiger partial charge in [0.05, 0.1) is 13.7 Å². The van der Waals surface area contributed by atoms with Gasteiger partial charge in [-0.05, 0) is 35.7 Å². The van der Waals surface area contributed by atoms with Crippen LogP contribution in [0.25, 0.3) is 0 Å². The number of aromatic nitrogens is 3. The minimum atomic E-state index is -0.190. The lowest BCUT2D eigenvalue weighted by molar-refractivity contribution is -0.123. The molecule has 140 valence electrons. The Bertz CT molecular complexity index is 877.